The van der Waals surface area contributed by atoms with Crippen LogP contribution in [0, 0.1) is 0 Å². The Kier molecular flexibility index (Phi) is 3.82. The van der Waals surface area contributed by atoms with Crippen molar-refractivity contribution >= 4 is 35.7 Å². The number of thiol groups is 1. The molecule has 0 saturated heterocycles. The van der Waals surface area contributed by atoms with Gasteiger partial charge in [-0.2, -0.15) is 0 Å². The van der Waals surface area contributed by atoms with Gasteiger partial charge in [-0.25, -0.2) is 0 Å². The summed E-state index contributed by atoms with van der Waals surface area (Å²) in [5.41, 5.74) is 0. The van der Waals surface area contributed by atoms with Gasteiger partial charge in [0.05, 0.1) is 4.21 Å². The first-order valence-electron chi connectivity index (χ1n) is 3.72. The van der Waals surface area contributed by atoms with E-state index in [1.54, 1.807) is 11.3 Å². The summed E-state index contributed by atoms with van der Waals surface area (Å²) in [5, 5.41) is 0. The Morgan fingerprint density at radius 2 is 2.27 bits per heavy atom. The molecule has 0 aromatic carbocycles. The van der Waals surface area contributed by atoms with Crippen LogP contribution in [0.15, 0.2) is 15.2 Å². The zero-order chi connectivity index (χ0) is 8.27. The van der Waals surface area contributed by atoms with Gasteiger partial charge >= 0.3 is 0 Å². The Labute approximate surface area is 81.8 Å². The molecule has 0 N–H and O–H groups in total. The van der Waals surface area contributed by atoms with Crippen LogP contribution in [0.4, 0.5) is 0 Å². The van der Waals surface area contributed by atoms with Crippen molar-refractivity contribution in [2.24, 2.45) is 0 Å². The van der Waals surface area contributed by atoms with Crippen molar-refractivity contribution in [2.75, 3.05) is 5.75 Å². The maximum atomic E-state index is 4.40. The lowest BCUT2D eigenvalue weighted by molar-refractivity contribution is 1.18. The third kappa shape index (κ3) is 2.42. The zero-order valence-electron chi connectivity index (χ0n) is 6.76. The van der Waals surface area contributed by atoms with Gasteiger partial charge in [-0.1, -0.05) is 13.8 Å². The highest BCUT2D eigenvalue weighted by atomic mass is 32.2. The first kappa shape index (κ1) is 9.49. The number of thiophene rings is 1. The summed E-state index contributed by atoms with van der Waals surface area (Å²) in [4.78, 5) is 2.78. The van der Waals surface area contributed by atoms with Gasteiger partial charge in [0.1, 0.15) is 0 Å². The Hall–Kier alpha value is 0.400. The third-order valence-electron chi connectivity index (χ3n) is 1.38. The molecule has 3 heteroatoms. The van der Waals surface area contributed by atoms with Crippen LogP contribution >= 0.6 is 35.7 Å². The van der Waals surface area contributed by atoms with Gasteiger partial charge in [0.25, 0.3) is 0 Å². The van der Waals surface area contributed by atoms with Crippen LogP contribution in [-0.2, 0) is 6.42 Å². The summed E-state index contributed by atoms with van der Waals surface area (Å²) in [6, 6.07) is 2.25. The van der Waals surface area contributed by atoms with Crippen LogP contribution in [0.3, 0.4) is 0 Å². The maximum Gasteiger partial charge on any atom is 0.0707 e. The standard InChI is InChI=1S/C8H12S3/c1-3-6-5-7(10-4-2)8(9)11-6/h5,9H,3-4H2,1-2H3. The lowest BCUT2D eigenvalue weighted by atomic mass is 10.4. The molecule has 0 bridgehead atoms. The van der Waals surface area contributed by atoms with E-state index < -0.39 is 0 Å². The van der Waals surface area contributed by atoms with E-state index >= 15 is 0 Å². The summed E-state index contributed by atoms with van der Waals surface area (Å²) < 4.78 is 1.17. The molecule has 0 aliphatic rings. The van der Waals surface area contributed by atoms with E-state index in [0.717, 1.165) is 12.2 Å². The van der Waals surface area contributed by atoms with Crippen molar-refractivity contribution in [1.82, 2.24) is 0 Å². The number of aryl methyl sites for hydroxylation is 1. The summed E-state index contributed by atoms with van der Waals surface area (Å²) >= 11 is 8.07. The fraction of sp³-hybridized carbons (Fsp3) is 0.500. The Morgan fingerprint density at radius 1 is 1.55 bits per heavy atom. The van der Waals surface area contributed by atoms with Gasteiger partial charge in [0.15, 0.2) is 0 Å². The molecule has 1 aromatic heterocycles. The highest BCUT2D eigenvalue weighted by Gasteiger charge is 2.03. The molecule has 0 saturated carbocycles. The van der Waals surface area contributed by atoms with E-state index in [-0.39, 0.29) is 0 Å². The zero-order valence-corrected chi connectivity index (χ0v) is 9.28. The maximum absolute atomic E-state index is 4.40. The highest BCUT2D eigenvalue weighted by Crippen LogP contribution is 2.33. The molecule has 62 valence electrons. The number of hydrogen-bond acceptors (Lipinski definition) is 3. The van der Waals surface area contributed by atoms with Gasteiger partial charge < -0.3 is 0 Å². The van der Waals surface area contributed by atoms with Gasteiger partial charge in [-0.3, -0.25) is 0 Å². The second-order valence-corrected chi connectivity index (χ2v) is 5.36. The molecule has 0 spiro atoms. The van der Waals surface area contributed by atoms with Crippen LogP contribution in [-0.4, -0.2) is 5.75 Å². The van der Waals surface area contributed by atoms with Crippen LogP contribution in [0.2, 0.25) is 0 Å². The van der Waals surface area contributed by atoms with Gasteiger partial charge in [-0.15, -0.1) is 35.7 Å². The van der Waals surface area contributed by atoms with Crippen LogP contribution in [0.5, 0.6) is 0 Å². The van der Waals surface area contributed by atoms with E-state index in [9.17, 15) is 0 Å². The summed E-state index contributed by atoms with van der Waals surface area (Å²) in [5.74, 6) is 1.13. The molecule has 0 aliphatic carbocycles. The van der Waals surface area contributed by atoms with E-state index in [1.165, 1.54) is 14.0 Å². The topological polar surface area (TPSA) is 0 Å². The molecule has 0 fully saturated rings. The van der Waals surface area contributed by atoms with Crippen molar-refractivity contribution in [3.05, 3.63) is 10.9 Å². The Bertz CT molecular complexity index is 227. The van der Waals surface area contributed by atoms with Gasteiger partial charge in [0, 0.05) is 9.77 Å². The van der Waals surface area contributed by atoms with Crippen LogP contribution < -0.4 is 0 Å². The van der Waals surface area contributed by atoms with Crippen molar-refractivity contribution in [1.29, 1.82) is 0 Å². The van der Waals surface area contributed by atoms with Crippen molar-refractivity contribution in [3.8, 4) is 0 Å². The summed E-state index contributed by atoms with van der Waals surface area (Å²) in [6.45, 7) is 4.35. The molecule has 0 atom stereocenters. The van der Waals surface area contributed by atoms with Crippen molar-refractivity contribution in [2.45, 2.75) is 29.4 Å². The fourth-order valence-corrected chi connectivity index (χ4v) is 3.22. The van der Waals surface area contributed by atoms with Crippen LogP contribution in [0.25, 0.3) is 0 Å². The van der Waals surface area contributed by atoms with E-state index in [4.69, 9.17) is 0 Å². The van der Waals surface area contributed by atoms with E-state index in [0.29, 0.717) is 0 Å². The number of thioether (sulfide) groups is 1. The molecule has 0 aliphatic heterocycles. The molecule has 1 aromatic rings. The first-order valence-corrected chi connectivity index (χ1v) is 5.97. The van der Waals surface area contributed by atoms with Gasteiger partial charge in [-0.05, 0) is 18.2 Å². The molecule has 11 heavy (non-hydrogen) atoms. The highest BCUT2D eigenvalue weighted by molar-refractivity contribution is 8.00. The molecule has 0 unspecified atom stereocenters. The lowest BCUT2D eigenvalue weighted by Crippen LogP contribution is -1.68. The minimum absolute atomic E-state index is 1.13. The first-order chi connectivity index (χ1) is 5.27. The average molecular weight is 204 g/mol. The summed E-state index contributed by atoms with van der Waals surface area (Å²) in [6.07, 6.45) is 1.13. The second kappa shape index (κ2) is 4.43. The minimum Gasteiger partial charge on any atom is -0.133 e. The second-order valence-electron chi connectivity index (χ2n) is 2.17. The smallest absolute Gasteiger partial charge is 0.0707 e. The quantitative estimate of drug-likeness (QED) is 0.578. The molecule has 1 heterocycles. The van der Waals surface area contributed by atoms with Gasteiger partial charge in [0.2, 0.25) is 0 Å². The average Bonchev–Trinajstić information content (AvgIpc) is 2.33. The Morgan fingerprint density at radius 3 is 2.73 bits per heavy atom. The third-order valence-corrected chi connectivity index (χ3v) is 4.18. The molecule has 0 radical (unpaired) electrons. The number of rotatable bonds is 3. The van der Waals surface area contributed by atoms with Crippen molar-refractivity contribution in [3.63, 3.8) is 0 Å². The minimum atomic E-state index is 1.13. The largest absolute Gasteiger partial charge is 0.133 e. The molecule has 0 amide bonds. The Balaban J connectivity index is 2.79. The molecule has 0 nitrogen and oxygen atoms in total. The van der Waals surface area contributed by atoms with Crippen molar-refractivity contribution < 1.29 is 0 Å². The summed E-state index contributed by atoms with van der Waals surface area (Å²) in [7, 11) is 0. The van der Waals surface area contributed by atoms with E-state index in [1.807, 2.05) is 11.8 Å². The molecular formula is C8H12S3. The lowest BCUT2D eigenvalue weighted by Gasteiger charge is -1.91. The predicted molar refractivity (Wildman–Crippen MR) is 57.3 cm³/mol. The normalized spacial score (nSPS) is 10.5. The van der Waals surface area contributed by atoms with E-state index in [2.05, 4.69) is 32.5 Å². The number of hydrogen-bond donors (Lipinski definition) is 1. The molecular weight excluding hydrogens is 192 g/mol. The molecule has 1 rings (SSSR count). The van der Waals surface area contributed by atoms with Crippen LogP contribution in [0.1, 0.15) is 18.7 Å². The SMILES string of the molecule is CCSc1cc(CC)sc1S. The monoisotopic (exact) mass is 204 g/mol. The predicted octanol–water partition coefficient (Wildman–Crippen LogP) is 3.71. The fourth-order valence-electron chi connectivity index (χ4n) is 0.845.